The molecule has 0 atom stereocenters. The summed E-state index contributed by atoms with van der Waals surface area (Å²) < 4.78 is 5.01. The van der Waals surface area contributed by atoms with E-state index in [2.05, 4.69) is 0 Å². The molecule has 0 spiro atoms. The van der Waals surface area contributed by atoms with Crippen LogP contribution in [-0.4, -0.2) is 17.3 Å². The number of nitrogens with two attached hydrogens (primary N) is 1. The molecule has 4 heteroatoms. The van der Waals surface area contributed by atoms with Gasteiger partial charge in [0.1, 0.15) is 0 Å². The summed E-state index contributed by atoms with van der Waals surface area (Å²) in [6.07, 6.45) is 4.00. The normalized spacial score (nSPS) is 18.6. The Bertz CT molecular complexity index is 397. The molecule has 0 saturated heterocycles. The summed E-state index contributed by atoms with van der Waals surface area (Å²) in [5.41, 5.74) is 6.71. The summed E-state index contributed by atoms with van der Waals surface area (Å²) in [4.78, 5) is 0. The highest BCUT2D eigenvalue weighted by Crippen LogP contribution is 2.43. The average molecular weight is 223 g/mol. The second-order valence-electron chi connectivity index (χ2n) is 4.41. The van der Waals surface area contributed by atoms with Gasteiger partial charge in [0, 0.05) is 5.54 Å². The van der Waals surface area contributed by atoms with E-state index in [1.54, 1.807) is 6.07 Å². The van der Waals surface area contributed by atoms with Crippen LogP contribution >= 0.6 is 0 Å². The van der Waals surface area contributed by atoms with Crippen molar-refractivity contribution in [2.24, 2.45) is 5.73 Å². The molecular formula is C12H17NO3. The van der Waals surface area contributed by atoms with Crippen LogP contribution in [0.25, 0.3) is 0 Å². The zero-order valence-corrected chi connectivity index (χ0v) is 9.36. The van der Waals surface area contributed by atoms with Crippen LogP contribution in [0.1, 0.15) is 31.2 Å². The van der Waals surface area contributed by atoms with E-state index in [9.17, 15) is 10.2 Å². The Labute approximate surface area is 94.7 Å². The molecule has 0 amide bonds. The van der Waals surface area contributed by atoms with Crippen molar-refractivity contribution in [2.75, 3.05) is 7.11 Å². The van der Waals surface area contributed by atoms with Gasteiger partial charge in [0.05, 0.1) is 7.11 Å². The highest BCUT2D eigenvalue weighted by atomic mass is 16.5. The molecule has 88 valence electrons. The molecule has 1 aromatic carbocycles. The zero-order valence-electron chi connectivity index (χ0n) is 9.36. The third-order valence-corrected chi connectivity index (χ3v) is 3.35. The van der Waals surface area contributed by atoms with Crippen LogP contribution in [0, 0.1) is 0 Å². The van der Waals surface area contributed by atoms with E-state index in [-0.39, 0.29) is 17.2 Å². The first-order chi connectivity index (χ1) is 7.57. The van der Waals surface area contributed by atoms with Gasteiger partial charge in [-0.2, -0.15) is 0 Å². The Balaban J connectivity index is 2.45. The Hall–Kier alpha value is -1.42. The van der Waals surface area contributed by atoms with Crippen LogP contribution in [0.4, 0.5) is 0 Å². The molecule has 1 aromatic rings. The Morgan fingerprint density at radius 1 is 1.25 bits per heavy atom. The lowest BCUT2D eigenvalue weighted by molar-refractivity contribution is 0.346. The van der Waals surface area contributed by atoms with Crippen molar-refractivity contribution >= 4 is 0 Å². The van der Waals surface area contributed by atoms with E-state index in [0.717, 1.165) is 31.2 Å². The molecule has 1 aliphatic carbocycles. The van der Waals surface area contributed by atoms with Crippen LogP contribution in [0.5, 0.6) is 17.2 Å². The van der Waals surface area contributed by atoms with E-state index in [1.165, 1.54) is 13.2 Å². The van der Waals surface area contributed by atoms with Gasteiger partial charge in [0.2, 0.25) is 5.75 Å². The number of benzene rings is 1. The number of hydrogen-bond acceptors (Lipinski definition) is 4. The molecule has 0 unspecified atom stereocenters. The molecule has 1 aliphatic rings. The van der Waals surface area contributed by atoms with Gasteiger partial charge in [0.15, 0.2) is 11.5 Å². The van der Waals surface area contributed by atoms with Crippen molar-refractivity contribution in [3.8, 4) is 17.2 Å². The predicted octanol–water partition coefficient (Wildman–Crippen LogP) is 1.83. The fourth-order valence-electron chi connectivity index (χ4n) is 2.33. The van der Waals surface area contributed by atoms with Gasteiger partial charge < -0.3 is 20.7 Å². The monoisotopic (exact) mass is 223 g/mol. The van der Waals surface area contributed by atoms with E-state index >= 15 is 0 Å². The minimum absolute atomic E-state index is 0.175. The molecule has 16 heavy (non-hydrogen) atoms. The molecule has 0 radical (unpaired) electrons. The molecule has 0 aliphatic heterocycles. The Morgan fingerprint density at radius 3 is 2.44 bits per heavy atom. The first-order valence-corrected chi connectivity index (χ1v) is 5.46. The maximum atomic E-state index is 9.60. The molecule has 0 bridgehead atoms. The maximum absolute atomic E-state index is 9.60. The van der Waals surface area contributed by atoms with Crippen molar-refractivity contribution in [1.29, 1.82) is 0 Å². The quantitative estimate of drug-likeness (QED) is 0.669. The van der Waals surface area contributed by atoms with Crippen molar-refractivity contribution in [3.05, 3.63) is 17.7 Å². The summed E-state index contributed by atoms with van der Waals surface area (Å²) in [7, 11) is 1.45. The largest absolute Gasteiger partial charge is 0.504 e. The lowest BCUT2D eigenvalue weighted by Gasteiger charge is -2.25. The summed E-state index contributed by atoms with van der Waals surface area (Å²) in [6, 6.07) is 3.24. The van der Waals surface area contributed by atoms with Gasteiger partial charge >= 0.3 is 0 Å². The topological polar surface area (TPSA) is 75.7 Å². The minimum Gasteiger partial charge on any atom is -0.504 e. The molecule has 4 nitrogen and oxygen atoms in total. The van der Waals surface area contributed by atoms with Gasteiger partial charge in [-0.3, -0.25) is 0 Å². The molecular weight excluding hydrogens is 206 g/mol. The Kier molecular flexibility index (Phi) is 2.68. The first-order valence-electron chi connectivity index (χ1n) is 5.46. The average Bonchev–Trinajstić information content (AvgIpc) is 2.70. The predicted molar refractivity (Wildman–Crippen MR) is 60.7 cm³/mol. The number of hydrogen-bond donors (Lipinski definition) is 3. The molecule has 0 heterocycles. The van der Waals surface area contributed by atoms with E-state index in [1.807, 2.05) is 0 Å². The summed E-state index contributed by atoms with van der Waals surface area (Å²) in [5, 5.41) is 19.1. The van der Waals surface area contributed by atoms with Gasteiger partial charge in [-0.05, 0) is 30.5 Å². The zero-order chi connectivity index (χ0) is 11.8. The summed E-state index contributed by atoms with van der Waals surface area (Å²) in [6.45, 7) is 0. The summed E-state index contributed by atoms with van der Waals surface area (Å²) in [5.74, 6) is -0.134. The number of phenols is 2. The number of aromatic hydroxyl groups is 2. The van der Waals surface area contributed by atoms with Gasteiger partial charge in [-0.15, -0.1) is 0 Å². The van der Waals surface area contributed by atoms with Crippen LogP contribution in [0.3, 0.4) is 0 Å². The van der Waals surface area contributed by atoms with Crippen LogP contribution in [0.2, 0.25) is 0 Å². The third-order valence-electron chi connectivity index (χ3n) is 3.35. The minimum atomic E-state index is -0.390. The lowest BCUT2D eigenvalue weighted by Crippen LogP contribution is -2.32. The number of methoxy groups -OCH3 is 1. The van der Waals surface area contributed by atoms with Crippen molar-refractivity contribution in [1.82, 2.24) is 0 Å². The molecule has 1 saturated carbocycles. The van der Waals surface area contributed by atoms with E-state index in [4.69, 9.17) is 10.5 Å². The smallest absolute Gasteiger partial charge is 0.200 e. The van der Waals surface area contributed by atoms with Crippen LogP contribution in [-0.2, 0) is 5.54 Å². The molecule has 2 rings (SSSR count). The van der Waals surface area contributed by atoms with Crippen LogP contribution < -0.4 is 10.5 Å². The SMILES string of the molecule is COc1cc(C2(N)CCCC2)cc(O)c1O. The van der Waals surface area contributed by atoms with Crippen molar-refractivity contribution in [3.63, 3.8) is 0 Å². The van der Waals surface area contributed by atoms with Crippen LogP contribution in [0.15, 0.2) is 12.1 Å². The molecule has 0 aromatic heterocycles. The second kappa shape index (κ2) is 3.87. The fraction of sp³-hybridized carbons (Fsp3) is 0.500. The lowest BCUT2D eigenvalue weighted by atomic mass is 9.89. The van der Waals surface area contributed by atoms with E-state index < -0.39 is 5.54 Å². The third kappa shape index (κ3) is 1.69. The van der Waals surface area contributed by atoms with Crippen molar-refractivity contribution in [2.45, 2.75) is 31.2 Å². The number of rotatable bonds is 2. The highest BCUT2D eigenvalue weighted by Gasteiger charge is 2.32. The standard InChI is InChI=1S/C12H17NO3/c1-16-10-7-8(6-9(14)11(10)15)12(13)4-2-3-5-12/h6-7,14-15H,2-5,13H2,1H3. The number of phenolic OH excluding ortho intramolecular Hbond substituents is 2. The van der Waals surface area contributed by atoms with Gasteiger partial charge in [-0.1, -0.05) is 12.8 Å². The maximum Gasteiger partial charge on any atom is 0.200 e. The molecule has 4 N–H and O–H groups in total. The fourth-order valence-corrected chi connectivity index (χ4v) is 2.33. The summed E-state index contributed by atoms with van der Waals surface area (Å²) >= 11 is 0. The first kappa shape index (κ1) is 11.1. The Morgan fingerprint density at radius 2 is 1.88 bits per heavy atom. The van der Waals surface area contributed by atoms with Crippen molar-refractivity contribution < 1.29 is 14.9 Å². The van der Waals surface area contributed by atoms with Gasteiger partial charge in [-0.25, -0.2) is 0 Å². The van der Waals surface area contributed by atoms with E-state index in [0.29, 0.717) is 0 Å². The molecule has 1 fully saturated rings. The van der Waals surface area contributed by atoms with Gasteiger partial charge in [0.25, 0.3) is 0 Å². The highest BCUT2D eigenvalue weighted by molar-refractivity contribution is 5.53. The number of ether oxygens (including phenoxy) is 1. The second-order valence-corrected chi connectivity index (χ2v) is 4.41.